The van der Waals surface area contributed by atoms with Crippen LogP contribution in [0.4, 0.5) is 8.78 Å². The third kappa shape index (κ3) is 2.23. The van der Waals surface area contributed by atoms with Crippen molar-refractivity contribution < 1.29 is 13.9 Å². The first-order valence-corrected chi connectivity index (χ1v) is 5.45. The van der Waals surface area contributed by atoms with Crippen molar-refractivity contribution in [1.29, 1.82) is 0 Å². The molecule has 2 nitrogen and oxygen atoms in total. The van der Waals surface area contributed by atoms with Gasteiger partial charge in [-0.05, 0) is 31.5 Å². The lowest BCUT2D eigenvalue weighted by Gasteiger charge is -2.24. The normalized spacial score (nSPS) is 23.6. The van der Waals surface area contributed by atoms with E-state index in [-0.39, 0.29) is 12.1 Å². The highest BCUT2D eigenvalue weighted by Crippen LogP contribution is 2.27. The van der Waals surface area contributed by atoms with Gasteiger partial charge < -0.3 is 5.11 Å². The molecule has 0 aromatic heterocycles. The third-order valence-electron chi connectivity index (χ3n) is 3.15. The van der Waals surface area contributed by atoms with Gasteiger partial charge in [0.15, 0.2) is 0 Å². The number of likely N-dealkylation sites (tertiary alicyclic amines) is 1. The summed E-state index contributed by atoms with van der Waals surface area (Å²) < 4.78 is 26.6. The molecule has 1 aliphatic heterocycles. The first-order chi connectivity index (χ1) is 7.58. The summed E-state index contributed by atoms with van der Waals surface area (Å²) in [5.74, 6) is -0.821. The molecule has 1 aromatic rings. The first kappa shape index (κ1) is 11.5. The van der Waals surface area contributed by atoms with Crippen molar-refractivity contribution in [3.8, 4) is 0 Å². The minimum atomic E-state index is -0.428. The molecule has 0 aliphatic carbocycles. The van der Waals surface area contributed by atoms with Crippen molar-refractivity contribution >= 4 is 0 Å². The number of hydrogen-bond donors (Lipinski definition) is 1. The molecule has 16 heavy (non-hydrogen) atoms. The Bertz CT molecular complexity index is 383. The maximum atomic E-state index is 13.5. The van der Waals surface area contributed by atoms with Gasteiger partial charge in [0, 0.05) is 24.7 Å². The number of nitrogens with zero attached hydrogens (tertiary/aromatic N) is 1. The Labute approximate surface area is 93.5 Å². The van der Waals surface area contributed by atoms with Gasteiger partial charge in [0.2, 0.25) is 0 Å². The zero-order valence-electron chi connectivity index (χ0n) is 9.16. The molecular weight excluding hydrogens is 212 g/mol. The van der Waals surface area contributed by atoms with Gasteiger partial charge in [-0.15, -0.1) is 0 Å². The molecule has 88 valence electrons. The SMILES string of the molecule is C[C@@H](c1cc(F)ccc1F)N1CC[C@H](O)C1. The van der Waals surface area contributed by atoms with Crippen LogP contribution in [0.2, 0.25) is 0 Å². The van der Waals surface area contributed by atoms with E-state index in [1.807, 2.05) is 11.8 Å². The predicted octanol–water partition coefficient (Wildman–Crippen LogP) is 2.09. The van der Waals surface area contributed by atoms with E-state index in [1.165, 1.54) is 6.07 Å². The molecule has 0 spiro atoms. The monoisotopic (exact) mass is 227 g/mol. The Morgan fingerprint density at radius 3 is 2.81 bits per heavy atom. The molecule has 0 unspecified atom stereocenters. The highest BCUT2D eigenvalue weighted by Gasteiger charge is 2.26. The van der Waals surface area contributed by atoms with Crippen molar-refractivity contribution in [2.45, 2.75) is 25.5 Å². The largest absolute Gasteiger partial charge is 0.392 e. The molecule has 0 saturated carbocycles. The van der Waals surface area contributed by atoms with Crippen LogP contribution in [0.25, 0.3) is 0 Å². The fourth-order valence-corrected chi connectivity index (χ4v) is 2.15. The van der Waals surface area contributed by atoms with E-state index in [1.54, 1.807) is 0 Å². The first-order valence-electron chi connectivity index (χ1n) is 5.45. The Hall–Kier alpha value is -1.00. The van der Waals surface area contributed by atoms with Gasteiger partial charge in [0.05, 0.1) is 6.10 Å². The molecule has 0 radical (unpaired) electrons. The Kier molecular flexibility index (Phi) is 3.21. The Morgan fingerprint density at radius 2 is 2.19 bits per heavy atom. The second-order valence-electron chi connectivity index (χ2n) is 4.28. The molecule has 0 amide bonds. The number of hydrogen-bond acceptors (Lipinski definition) is 2. The summed E-state index contributed by atoms with van der Waals surface area (Å²) in [5, 5.41) is 9.41. The standard InChI is InChI=1S/C12H15F2NO/c1-8(15-5-4-10(16)7-15)11-6-9(13)2-3-12(11)14/h2-3,6,8,10,16H,4-5,7H2,1H3/t8-,10-/m0/s1. The van der Waals surface area contributed by atoms with Crippen molar-refractivity contribution in [3.63, 3.8) is 0 Å². The summed E-state index contributed by atoms with van der Waals surface area (Å²) in [6.07, 6.45) is 0.348. The molecule has 2 atom stereocenters. The molecule has 1 aromatic carbocycles. The molecule has 1 heterocycles. The van der Waals surface area contributed by atoms with E-state index in [4.69, 9.17) is 0 Å². The van der Waals surface area contributed by atoms with Crippen molar-refractivity contribution in [3.05, 3.63) is 35.4 Å². The van der Waals surface area contributed by atoms with Crippen molar-refractivity contribution in [2.75, 3.05) is 13.1 Å². The van der Waals surface area contributed by atoms with Gasteiger partial charge in [-0.2, -0.15) is 0 Å². The zero-order chi connectivity index (χ0) is 11.7. The smallest absolute Gasteiger partial charge is 0.128 e. The van der Waals surface area contributed by atoms with Crippen LogP contribution in [-0.4, -0.2) is 29.2 Å². The Morgan fingerprint density at radius 1 is 1.44 bits per heavy atom. The van der Waals surface area contributed by atoms with E-state index >= 15 is 0 Å². The number of rotatable bonds is 2. The van der Waals surface area contributed by atoms with Crippen LogP contribution in [0, 0.1) is 11.6 Å². The van der Waals surface area contributed by atoms with Gasteiger partial charge in [-0.1, -0.05) is 0 Å². The molecule has 2 rings (SSSR count). The fraction of sp³-hybridized carbons (Fsp3) is 0.500. The number of benzene rings is 1. The van der Waals surface area contributed by atoms with Crippen LogP contribution in [0.1, 0.15) is 24.9 Å². The quantitative estimate of drug-likeness (QED) is 0.836. The van der Waals surface area contributed by atoms with E-state index < -0.39 is 11.6 Å². The van der Waals surface area contributed by atoms with Gasteiger partial charge in [-0.3, -0.25) is 4.90 Å². The van der Waals surface area contributed by atoms with Crippen LogP contribution in [-0.2, 0) is 0 Å². The lowest BCUT2D eigenvalue weighted by Crippen LogP contribution is -2.26. The summed E-state index contributed by atoms with van der Waals surface area (Å²) in [6, 6.07) is 3.29. The predicted molar refractivity (Wildman–Crippen MR) is 57.0 cm³/mol. The van der Waals surface area contributed by atoms with Gasteiger partial charge >= 0.3 is 0 Å². The van der Waals surface area contributed by atoms with E-state index in [0.29, 0.717) is 18.5 Å². The summed E-state index contributed by atoms with van der Waals surface area (Å²) >= 11 is 0. The fourth-order valence-electron chi connectivity index (χ4n) is 2.15. The lowest BCUT2D eigenvalue weighted by atomic mass is 10.1. The van der Waals surface area contributed by atoms with Crippen LogP contribution in [0.3, 0.4) is 0 Å². The summed E-state index contributed by atoms with van der Waals surface area (Å²) in [6.45, 7) is 3.07. The molecular formula is C12H15F2NO. The van der Waals surface area contributed by atoms with Crippen molar-refractivity contribution in [1.82, 2.24) is 4.90 Å². The highest BCUT2D eigenvalue weighted by molar-refractivity contribution is 5.22. The third-order valence-corrected chi connectivity index (χ3v) is 3.15. The van der Waals surface area contributed by atoms with E-state index in [2.05, 4.69) is 0 Å². The number of aliphatic hydroxyl groups is 1. The second-order valence-corrected chi connectivity index (χ2v) is 4.28. The minimum Gasteiger partial charge on any atom is -0.392 e. The topological polar surface area (TPSA) is 23.5 Å². The van der Waals surface area contributed by atoms with Crippen LogP contribution in [0.5, 0.6) is 0 Å². The van der Waals surface area contributed by atoms with Gasteiger partial charge in [-0.25, -0.2) is 8.78 Å². The number of aliphatic hydroxyl groups excluding tert-OH is 1. The average Bonchev–Trinajstić information content (AvgIpc) is 2.67. The molecule has 1 aliphatic rings. The second kappa shape index (κ2) is 4.47. The maximum absolute atomic E-state index is 13.5. The van der Waals surface area contributed by atoms with Crippen LogP contribution >= 0.6 is 0 Å². The maximum Gasteiger partial charge on any atom is 0.128 e. The molecule has 4 heteroatoms. The molecule has 0 bridgehead atoms. The Balaban J connectivity index is 2.20. The zero-order valence-corrected chi connectivity index (χ0v) is 9.16. The highest BCUT2D eigenvalue weighted by atomic mass is 19.1. The van der Waals surface area contributed by atoms with Gasteiger partial charge in [0.1, 0.15) is 11.6 Å². The molecule has 1 fully saturated rings. The number of β-amino-alcohol motifs (C(OH)–C–C–N with tert-alkyl or cyclic N) is 1. The lowest BCUT2D eigenvalue weighted by molar-refractivity contribution is 0.162. The average molecular weight is 227 g/mol. The molecule has 1 saturated heterocycles. The summed E-state index contributed by atoms with van der Waals surface area (Å²) in [5.41, 5.74) is 0.356. The van der Waals surface area contributed by atoms with Crippen LogP contribution in [0.15, 0.2) is 18.2 Å². The van der Waals surface area contributed by atoms with Gasteiger partial charge in [0.25, 0.3) is 0 Å². The van der Waals surface area contributed by atoms with Crippen molar-refractivity contribution in [2.24, 2.45) is 0 Å². The van der Waals surface area contributed by atoms with Crippen LogP contribution < -0.4 is 0 Å². The molecule has 1 N–H and O–H groups in total. The van der Waals surface area contributed by atoms with E-state index in [0.717, 1.165) is 18.7 Å². The summed E-state index contributed by atoms with van der Waals surface area (Å²) in [7, 11) is 0. The summed E-state index contributed by atoms with van der Waals surface area (Å²) in [4.78, 5) is 1.96. The van der Waals surface area contributed by atoms with E-state index in [9.17, 15) is 13.9 Å². The minimum absolute atomic E-state index is 0.201. The number of halogens is 2.